The van der Waals surface area contributed by atoms with Gasteiger partial charge < -0.3 is 15.0 Å². The van der Waals surface area contributed by atoms with Gasteiger partial charge in [-0.05, 0) is 53.6 Å². The summed E-state index contributed by atoms with van der Waals surface area (Å²) in [5, 5.41) is 5.09. The van der Waals surface area contributed by atoms with Crippen LogP contribution >= 0.6 is 11.3 Å². The second-order valence-electron chi connectivity index (χ2n) is 9.20. The smallest absolute Gasteiger partial charge is 0.270 e. The molecule has 1 aliphatic rings. The van der Waals surface area contributed by atoms with Crippen LogP contribution in [0.2, 0.25) is 0 Å². The van der Waals surface area contributed by atoms with E-state index in [2.05, 4.69) is 28.3 Å². The molecule has 10 heteroatoms. The molecule has 1 saturated heterocycles. The molecule has 3 N–H and O–H groups in total. The summed E-state index contributed by atoms with van der Waals surface area (Å²) in [7, 11) is 3.15. The van der Waals surface area contributed by atoms with Crippen LogP contribution in [-0.4, -0.2) is 54.8 Å². The van der Waals surface area contributed by atoms with Crippen molar-refractivity contribution in [2.45, 2.75) is 38.0 Å². The molecule has 4 amide bonds. The van der Waals surface area contributed by atoms with E-state index in [1.54, 1.807) is 43.6 Å². The molecule has 1 aliphatic heterocycles. The summed E-state index contributed by atoms with van der Waals surface area (Å²) in [6, 6.07) is 19.1. The van der Waals surface area contributed by atoms with Gasteiger partial charge in [0.2, 0.25) is 5.91 Å². The molecule has 1 aromatic heterocycles. The molecule has 0 radical (unpaired) electrons. The lowest BCUT2D eigenvalue weighted by Gasteiger charge is -2.17. The fourth-order valence-corrected chi connectivity index (χ4v) is 4.71. The Morgan fingerprint density at radius 1 is 0.974 bits per heavy atom. The van der Waals surface area contributed by atoms with E-state index in [0.717, 1.165) is 16.0 Å². The van der Waals surface area contributed by atoms with Gasteiger partial charge in [-0.1, -0.05) is 42.5 Å². The van der Waals surface area contributed by atoms with E-state index in [0.29, 0.717) is 17.5 Å². The summed E-state index contributed by atoms with van der Waals surface area (Å²) in [6.45, 7) is 1.93. The highest BCUT2D eigenvalue weighted by Gasteiger charge is 2.51. The third kappa shape index (κ3) is 6.64. The van der Waals surface area contributed by atoms with Crippen molar-refractivity contribution in [2.75, 3.05) is 14.1 Å². The topological polar surface area (TPSA) is 120 Å². The third-order valence-corrected chi connectivity index (χ3v) is 7.10. The van der Waals surface area contributed by atoms with E-state index in [1.165, 1.54) is 4.90 Å². The Morgan fingerprint density at radius 2 is 1.76 bits per heavy atom. The van der Waals surface area contributed by atoms with Crippen LogP contribution in [0, 0.1) is 0 Å². The molecule has 0 bridgehead atoms. The molecule has 0 spiro atoms. The second kappa shape index (κ2) is 12.0. The van der Waals surface area contributed by atoms with E-state index in [4.69, 9.17) is 4.74 Å². The van der Waals surface area contributed by atoms with Crippen LogP contribution in [0.1, 0.15) is 40.9 Å². The highest BCUT2D eigenvalue weighted by Crippen LogP contribution is 2.27. The van der Waals surface area contributed by atoms with Crippen LogP contribution in [0.5, 0.6) is 0 Å². The summed E-state index contributed by atoms with van der Waals surface area (Å²) < 4.78 is 5.10. The summed E-state index contributed by atoms with van der Waals surface area (Å²) in [5.74, 6) is -1.55. The molecule has 1 fully saturated rings. The average Bonchev–Trinajstić information content (AvgIpc) is 3.53. The Kier molecular flexibility index (Phi) is 8.55. The van der Waals surface area contributed by atoms with Gasteiger partial charge in [-0.15, -0.1) is 11.3 Å². The number of likely N-dealkylation sites (N-methyl/N-ethyl adjacent to an activating group) is 1. The van der Waals surface area contributed by atoms with Crippen LogP contribution in [-0.2, 0) is 25.5 Å². The van der Waals surface area contributed by atoms with Gasteiger partial charge >= 0.3 is 0 Å². The lowest BCUT2D eigenvalue weighted by Crippen LogP contribution is -2.45. The van der Waals surface area contributed by atoms with Gasteiger partial charge in [-0.25, -0.2) is 0 Å². The van der Waals surface area contributed by atoms with Crippen molar-refractivity contribution in [1.29, 1.82) is 0 Å². The first-order chi connectivity index (χ1) is 18.2. The minimum Gasteiger partial charge on any atom is -0.349 e. The fraction of sp³-hybridized carbons (Fsp3) is 0.286. The molecule has 3 aromatic rings. The van der Waals surface area contributed by atoms with Crippen molar-refractivity contribution in [3.8, 4) is 10.4 Å². The standard InChI is InChI=1S/C28H30N4O5S/c1-17(19-9-6-10-20(16-19)22-12-7-15-38-22)29-26(34)21-11-5-4-8-18(21)13-14-23(33)30-31-27(35)24-25(37-24)28(36)32(2)3/h4-12,15-17,24-25H,13-14H2,1-3H3,(H,29,34)(H,30,33)(H,31,35)/t17-,24+,25+/m1/s1. The molecular formula is C28H30N4O5S. The normalized spacial score (nSPS) is 16.7. The van der Waals surface area contributed by atoms with E-state index in [1.807, 2.05) is 42.6 Å². The number of aryl methyl sites for hydroxylation is 1. The van der Waals surface area contributed by atoms with Crippen molar-refractivity contribution in [1.82, 2.24) is 21.1 Å². The maximum Gasteiger partial charge on any atom is 0.270 e. The van der Waals surface area contributed by atoms with Gasteiger partial charge in [0.05, 0.1) is 6.04 Å². The predicted octanol–water partition coefficient (Wildman–Crippen LogP) is 2.84. The summed E-state index contributed by atoms with van der Waals surface area (Å²) in [5.41, 5.74) is 7.92. The largest absolute Gasteiger partial charge is 0.349 e. The summed E-state index contributed by atoms with van der Waals surface area (Å²) >= 11 is 1.66. The summed E-state index contributed by atoms with van der Waals surface area (Å²) in [6.07, 6.45) is -1.39. The minimum atomic E-state index is -0.914. The first-order valence-corrected chi connectivity index (χ1v) is 13.1. The Balaban J connectivity index is 1.29. The van der Waals surface area contributed by atoms with Crippen LogP contribution in [0.15, 0.2) is 66.0 Å². The van der Waals surface area contributed by atoms with Crippen molar-refractivity contribution < 1.29 is 23.9 Å². The van der Waals surface area contributed by atoms with E-state index < -0.39 is 24.0 Å². The van der Waals surface area contributed by atoms with Gasteiger partial charge in [0.15, 0.2) is 12.2 Å². The first kappa shape index (κ1) is 27.0. The number of carbonyl (C=O) groups is 4. The zero-order valence-electron chi connectivity index (χ0n) is 21.4. The van der Waals surface area contributed by atoms with Crippen molar-refractivity contribution >= 4 is 35.0 Å². The van der Waals surface area contributed by atoms with Gasteiger partial charge in [0, 0.05) is 31.0 Å². The van der Waals surface area contributed by atoms with Crippen molar-refractivity contribution in [3.05, 3.63) is 82.7 Å². The van der Waals surface area contributed by atoms with Gasteiger partial charge in [0.25, 0.3) is 17.7 Å². The number of thiophene rings is 1. The number of amides is 4. The first-order valence-electron chi connectivity index (χ1n) is 12.2. The molecular weight excluding hydrogens is 504 g/mol. The molecule has 2 aromatic carbocycles. The molecule has 0 saturated carbocycles. The molecule has 4 rings (SSSR count). The van der Waals surface area contributed by atoms with Crippen molar-refractivity contribution in [2.24, 2.45) is 0 Å². The number of benzene rings is 2. The predicted molar refractivity (Wildman–Crippen MR) is 144 cm³/mol. The lowest BCUT2D eigenvalue weighted by atomic mass is 10.0. The molecule has 3 atom stereocenters. The van der Waals surface area contributed by atoms with Crippen molar-refractivity contribution in [3.63, 3.8) is 0 Å². The molecule has 0 aliphatic carbocycles. The number of hydrogen-bond donors (Lipinski definition) is 3. The summed E-state index contributed by atoms with van der Waals surface area (Å²) in [4.78, 5) is 51.9. The monoisotopic (exact) mass is 534 g/mol. The maximum absolute atomic E-state index is 13.1. The average molecular weight is 535 g/mol. The van der Waals surface area contributed by atoms with E-state index in [-0.39, 0.29) is 24.3 Å². The minimum absolute atomic E-state index is 0.0502. The molecule has 9 nitrogen and oxygen atoms in total. The molecule has 38 heavy (non-hydrogen) atoms. The van der Waals surface area contributed by atoms with E-state index >= 15 is 0 Å². The number of nitrogens with one attached hydrogen (secondary N) is 3. The third-order valence-electron chi connectivity index (χ3n) is 6.18. The maximum atomic E-state index is 13.1. The second-order valence-corrected chi connectivity index (χ2v) is 10.2. The Labute approximate surface area is 225 Å². The Morgan fingerprint density at radius 3 is 2.50 bits per heavy atom. The number of epoxide rings is 1. The number of rotatable bonds is 9. The molecule has 198 valence electrons. The molecule has 2 heterocycles. The Hall–Kier alpha value is -4.02. The number of ether oxygens (including phenoxy) is 1. The number of hydrogen-bond acceptors (Lipinski definition) is 6. The number of carbonyl (C=O) groups excluding carboxylic acids is 4. The zero-order valence-corrected chi connectivity index (χ0v) is 22.2. The van der Waals surface area contributed by atoms with Gasteiger partial charge in [0.1, 0.15) is 0 Å². The number of nitrogens with zero attached hydrogens (tertiary/aromatic N) is 1. The van der Waals surface area contributed by atoms with Crippen LogP contribution in [0.3, 0.4) is 0 Å². The van der Waals surface area contributed by atoms with E-state index in [9.17, 15) is 19.2 Å². The quantitative estimate of drug-likeness (QED) is 0.288. The van der Waals surface area contributed by atoms with Crippen LogP contribution in [0.25, 0.3) is 10.4 Å². The highest BCUT2D eigenvalue weighted by molar-refractivity contribution is 7.13. The number of hydrazine groups is 1. The Bertz CT molecular complexity index is 1320. The highest BCUT2D eigenvalue weighted by atomic mass is 32.1. The zero-order chi connectivity index (χ0) is 27.2. The SMILES string of the molecule is C[C@@H](NC(=O)c1ccccc1CCC(=O)NNC(=O)[C@H]1O[C@@H]1C(=O)N(C)C)c1cccc(-c2cccs2)c1. The van der Waals surface area contributed by atoms with Gasteiger partial charge in [-0.3, -0.25) is 30.0 Å². The fourth-order valence-electron chi connectivity index (χ4n) is 3.99. The van der Waals surface area contributed by atoms with Crippen LogP contribution < -0.4 is 16.2 Å². The van der Waals surface area contributed by atoms with Crippen LogP contribution in [0.4, 0.5) is 0 Å². The van der Waals surface area contributed by atoms with Gasteiger partial charge in [-0.2, -0.15) is 0 Å². The molecule has 0 unspecified atom stereocenters. The lowest BCUT2D eigenvalue weighted by molar-refractivity contribution is -0.130.